The fourth-order valence-corrected chi connectivity index (χ4v) is 2.51. The predicted octanol–water partition coefficient (Wildman–Crippen LogP) is 2.62. The number of nitrogens with one attached hydrogen (secondary N) is 1. The summed E-state index contributed by atoms with van der Waals surface area (Å²) in [4.78, 5) is 14.4. The summed E-state index contributed by atoms with van der Waals surface area (Å²) < 4.78 is 0. The molecule has 1 atom stereocenters. The van der Waals surface area contributed by atoms with Crippen LogP contribution in [0.3, 0.4) is 0 Å². The fraction of sp³-hybridized carbons (Fsp3) is 0.438. The highest BCUT2D eigenvalue weighted by molar-refractivity contribution is 5.85. The Kier molecular flexibility index (Phi) is 7.34. The van der Waals surface area contributed by atoms with Gasteiger partial charge in [-0.15, -0.1) is 19.0 Å². The Morgan fingerprint density at radius 1 is 1.40 bits per heavy atom. The molecule has 110 valence electrons. The Labute approximate surface area is 127 Å². The molecule has 1 aromatic rings. The quantitative estimate of drug-likeness (QED) is 0.847. The van der Waals surface area contributed by atoms with Crippen molar-refractivity contribution in [2.75, 3.05) is 19.6 Å². The fourth-order valence-electron chi connectivity index (χ4n) is 2.51. The van der Waals surface area contributed by atoms with Crippen molar-refractivity contribution in [2.45, 2.75) is 19.4 Å². The first-order chi connectivity index (χ1) is 9.31. The molecule has 4 heteroatoms. The number of hydrogen-bond donors (Lipinski definition) is 1. The molecule has 0 aromatic heterocycles. The van der Waals surface area contributed by atoms with E-state index in [1.54, 1.807) is 6.08 Å². The van der Waals surface area contributed by atoms with Crippen LogP contribution in [0.1, 0.15) is 18.4 Å². The first-order valence-corrected chi connectivity index (χ1v) is 6.95. The third-order valence-electron chi connectivity index (χ3n) is 3.52. The number of carbonyl (C=O) groups excluding carboxylic acids is 1. The van der Waals surface area contributed by atoms with Gasteiger partial charge in [0.1, 0.15) is 0 Å². The van der Waals surface area contributed by atoms with E-state index in [1.807, 2.05) is 23.1 Å². The van der Waals surface area contributed by atoms with Crippen molar-refractivity contribution in [3.8, 4) is 0 Å². The molecule has 1 aliphatic heterocycles. The smallest absolute Gasteiger partial charge is 0.227 e. The average molecular weight is 295 g/mol. The number of hydrogen-bond acceptors (Lipinski definition) is 2. The Morgan fingerprint density at radius 2 is 2.15 bits per heavy atom. The van der Waals surface area contributed by atoms with Crippen LogP contribution < -0.4 is 5.32 Å². The molecule has 1 amide bonds. The summed E-state index contributed by atoms with van der Waals surface area (Å²) in [6.07, 6.45) is 3.88. The molecule has 0 bridgehead atoms. The zero-order valence-electron chi connectivity index (χ0n) is 11.8. The molecular formula is C16H23ClN2O. The summed E-state index contributed by atoms with van der Waals surface area (Å²) in [5.74, 6) is 0.369. The van der Waals surface area contributed by atoms with Gasteiger partial charge in [0.05, 0.1) is 5.92 Å². The second kappa shape index (κ2) is 8.77. The monoisotopic (exact) mass is 294 g/mol. The van der Waals surface area contributed by atoms with E-state index in [2.05, 4.69) is 24.0 Å². The highest BCUT2D eigenvalue weighted by Crippen LogP contribution is 2.15. The summed E-state index contributed by atoms with van der Waals surface area (Å²) in [6.45, 7) is 6.88. The molecule has 0 saturated carbocycles. The van der Waals surface area contributed by atoms with Gasteiger partial charge < -0.3 is 10.2 Å². The van der Waals surface area contributed by atoms with Gasteiger partial charge in [-0.1, -0.05) is 36.4 Å². The van der Waals surface area contributed by atoms with Crippen molar-refractivity contribution in [3.05, 3.63) is 48.6 Å². The predicted molar refractivity (Wildman–Crippen MR) is 84.9 cm³/mol. The lowest BCUT2D eigenvalue weighted by Gasteiger charge is -2.29. The molecule has 3 nitrogen and oxygen atoms in total. The number of piperidine rings is 1. The maximum absolute atomic E-state index is 12.5. The van der Waals surface area contributed by atoms with Gasteiger partial charge >= 0.3 is 0 Å². The summed E-state index contributed by atoms with van der Waals surface area (Å²) >= 11 is 0. The molecule has 1 aliphatic rings. The van der Waals surface area contributed by atoms with Gasteiger partial charge in [-0.25, -0.2) is 0 Å². The molecule has 1 N–H and O–H groups in total. The Hall–Kier alpha value is -1.32. The van der Waals surface area contributed by atoms with E-state index < -0.39 is 0 Å². The Morgan fingerprint density at radius 3 is 2.75 bits per heavy atom. The van der Waals surface area contributed by atoms with E-state index >= 15 is 0 Å². The molecule has 0 spiro atoms. The minimum Gasteiger partial charge on any atom is -0.334 e. The zero-order valence-corrected chi connectivity index (χ0v) is 12.6. The summed E-state index contributed by atoms with van der Waals surface area (Å²) in [6, 6.07) is 10.1. The lowest BCUT2D eigenvalue weighted by atomic mass is 9.98. The number of halogens is 1. The van der Waals surface area contributed by atoms with Crippen molar-refractivity contribution in [2.24, 2.45) is 5.92 Å². The first-order valence-electron chi connectivity index (χ1n) is 6.95. The minimum atomic E-state index is 0. The van der Waals surface area contributed by atoms with Crippen LogP contribution in [0, 0.1) is 5.92 Å². The van der Waals surface area contributed by atoms with Gasteiger partial charge in [0.2, 0.25) is 5.91 Å². The standard InChI is InChI=1S/C16H22N2O.ClH/c1-2-11-18(13-14-7-4-3-5-8-14)16(19)15-9-6-10-17-12-15;/h2-5,7-8,15,17H,1,6,9-13H2;1H. The highest BCUT2D eigenvalue weighted by Gasteiger charge is 2.25. The van der Waals surface area contributed by atoms with E-state index in [0.29, 0.717) is 13.1 Å². The van der Waals surface area contributed by atoms with Crippen LogP contribution in [-0.2, 0) is 11.3 Å². The van der Waals surface area contributed by atoms with E-state index in [9.17, 15) is 4.79 Å². The number of carbonyl (C=O) groups is 1. The SMILES string of the molecule is C=CCN(Cc1ccccc1)C(=O)C1CCCNC1.Cl. The molecule has 1 saturated heterocycles. The molecule has 1 fully saturated rings. The van der Waals surface area contributed by atoms with Crippen molar-refractivity contribution >= 4 is 18.3 Å². The van der Waals surface area contributed by atoms with Crippen LogP contribution in [0.15, 0.2) is 43.0 Å². The topological polar surface area (TPSA) is 32.3 Å². The van der Waals surface area contributed by atoms with Crippen molar-refractivity contribution in [1.29, 1.82) is 0 Å². The second-order valence-corrected chi connectivity index (χ2v) is 5.04. The maximum Gasteiger partial charge on any atom is 0.227 e. The Bertz CT molecular complexity index is 416. The van der Waals surface area contributed by atoms with E-state index in [0.717, 1.165) is 25.9 Å². The van der Waals surface area contributed by atoms with Crippen LogP contribution in [-0.4, -0.2) is 30.4 Å². The lowest BCUT2D eigenvalue weighted by molar-refractivity contribution is -0.136. The van der Waals surface area contributed by atoms with Crippen LogP contribution in [0.5, 0.6) is 0 Å². The van der Waals surface area contributed by atoms with Crippen molar-refractivity contribution in [3.63, 3.8) is 0 Å². The van der Waals surface area contributed by atoms with Crippen molar-refractivity contribution < 1.29 is 4.79 Å². The van der Waals surface area contributed by atoms with Gasteiger partial charge in [-0.2, -0.15) is 0 Å². The van der Waals surface area contributed by atoms with Crippen LogP contribution >= 0.6 is 12.4 Å². The van der Waals surface area contributed by atoms with Gasteiger partial charge in [0, 0.05) is 19.6 Å². The zero-order chi connectivity index (χ0) is 13.5. The second-order valence-electron chi connectivity index (χ2n) is 5.04. The molecule has 1 unspecified atom stereocenters. The number of rotatable bonds is 5. The minimum absolute atomic E-state index is 0. The van der Waals surface area contributed by atoms with E-state index in [4.69, 9.17) is 0 Å². The molecule has 1 aromatic carbocycles. The third kappa shape index (κ3) is 4.66. The number of benzene rings is 1. The Balaban J connectivity index is 0.00000200. The van der Waals surface area contributed by atoms with Crippen LogP contribution in [0.25, 0.3) is 0 Å². The summed E-state index contributed by atoms with van der Waals surface area (Å²) in [7, 11) is 0. The van der Waals surface area contributed by atoms with Gasteiger partial charge in [-0.3, -0.25) is 4.79 Å². The number of amides is 1. The molecular weight excluding hydrogens is 272 g/mol. The average Bonchev–Trinajstić information content (AvgIpc) is 2.48. The lowest BCUT2D eigenvalue weighted by Crippen LogP contribution is -2.42. The molecule has 0 aliphatic carbocycles. The van der Waals surface area contributed by atoms with Gasteiger partial charge in [0.15, 0.2) is 0 Å². The third-order valence-corrected chi connectivity index (χ3v) is 3.52. The molecule has 2 rings (SSSR count). The van der Waals surface area contributed by atoms with E-state index in [-0.39, 0.29) is 24.2 Å². The normalized spacial score (nSPS) is 17.9. The maximum atomic E-state index is 12.5. The first kappa shape index (κ1) is 16.7. The van der Waals surface area contributed by atoms with Gasteiger partial charge in [0.25, 0.3) is 0 Å². The number of nitrogens with zero attached hydrogens (tertiary/aromatic N) is 1. The summed E-state index contributed by atoms with van der Waals surface area (Å²) in [5, 5.41) is 3.30. The summed E-state index contributed by atoms with van der Waals surface area (Å²) in [5.41, 5.74) is 1.17. The van der Waals surface area contributed by atoms with Crippen molar-refractivity contribution in [1.82, 2.24) is 10.2 Å². The molecule has 1 heterocycles. The van der Waals surface area contributed by atoms with Crippen LogP contribution in [0.4, 0.5) is 0 Å². The van der Waals surface area contributed by atoms with Gasteiger partial charge in [-0.05, 0) is 24.9 Å². The largest absolute Gasteiger partial charge is 0.334 e. The van der Waals surface area contributed by atoms with Crippen LogP contribution in [0.2, 0.25) is 0 Å². The molecule has 20 heavy (non-hydrogen) atoms. The van der Waals surface area contributed by atoms with E-state index in [1.165, 1.54) is 5.56 Å². The molecule has 0 radical (unpaired) electrons. The highest BCUT2D eigenvalue weighted by atomic mass is 35.5.